The first-order valence-electron chi connectivity index (χ1n) is 7.92. The van der Waals surface area contributed by atoms with Crippen molar-refractivity contribution in [2.24, 2.45) is 0 Å². The number of nitrogens with zero attached hydrogens (tertiary/aromatic N) is 2. The summed E-state index contributed by atoms with van der Waals surface area (Å²) in [6.45, 7) is 6.61. The molecule has 1 atom stereocenters. The second-order valence-electron chi connectivity index (χ2n) is 5.53. The van der Waals surface area contributed by atoms with E-state index in [-0.39, 0.29) is 30.8 Å². The number of hydrogen-bond acceptors (Lipinski definition) is 4. The smallest absolute Gasteiger partial charge is 0.320 e. The minimum Gasteiger partial charge on any atom is -0.480 e. The molecule has 1 aromatic carbocycles. The number of carbonyl (C=O) groups is 3. The highest BCUT2D eigenvalue weighted by Crippen LogP contribution is 2.12. The molecular formula is C17H26ClN3O4. The summed E-state index contributed by atoms with van der Waals surface area (Å²) >= 11 is 0. The maximum Gasteiger partial charge on any atom is 0.320 e. The third-order valence-corrected chi connectivity index (χ3v) is 3.88. The summed E-state index contributed by atoms with van der Waals surface area (Å²) < 4.78 is 0. The number of amides is 2. The minimum atomic E-state index is -0.982. The SMILES string of the molecule is CCN(CC)C(=O)c1ccc(NC(=O)CN(C)C(C)C(=O)O)cc1.Cl. The van der Waals surface area contributed by atoms with Crippen LogP contribution in [0.5, 0.6) is 0 Å². The van der Waals surface area contributed by atoms with E-state index in [0.717, 1.165) is 0 Å². The first-order valence-corrected chi connectivity index (χ1v) is 7.92. The highest BCUT2D eigenvalue weighted by Gasteiger charge is 2.19. The number of carboxylic acid groups (broad SMARTS) is 1. The first-order chi connectivity index (χ1) is 11.3. The third-order valence-electron chi connectivity index (χ3n) is 3.88. The van der Waals surface area contributed by atoms with Crippen LogP contribution in [0.3, 0.4) is 0 Å². The highest BCUT2D eigenvalue weighted by atomic mass is 35.5. The second kappa shape index (κ2) is 10.7. The maximum absolute atomic E-state index is 12.2. The minimum absolute atomic E-state index is 0. The molecule has 25 heavy (non-hydrogen) atoms. The van der Waals surface area contributed by atoms with Crippen molar-refractivity contribution in [2.45, 2.75) is 26.8 Å². The molecule has 0 aromatic heterocycles. The number of anilines is 1. The van der Waals surface area contributed by atoms with E-state index in [1.807, 2.05) is 13.8 Å². The molecule has 2 N–H and O–H groups in total. The molecule has 0 aliphatic rings. The summed E-state index contributed by atoms with van der Waals surface area (Å²) in [4.78, 5) is 38.2. The molecule has 140 valence electrons. The van der Waals surface area contributed by atoms with Gasteiger partial charge in [-0.05, 0) is 52.1 Å². The first kappa shape index (κ1) is 22.9. The Morgan fingerprint density at radius 3 is 2.08 bits per heavy atom. The van der Waals surface area contributed by atoms with E-state index in [9.17, 15) is 14.4 Å². The number of rotatable bonds is 8. The van der Waals surface area contributed by atoms with Crippen LogP contribution in [0.1, 0.15) is 31.1 Å². The van der Waals surface area contributed by atoms with Gasteiger partial charge in [0.25, 0.3) is 5.91 Å². The van der Waals surface area contributed by atoms with E-state index in [4.69, 9.17) is 5.11 Å². The molecule has 0 saturated heterocycles. The predicted octanol–water partition coefficient (Wildman–Crippen LogP) is 1.93. The fourth-order valence-corrected chi connectivity index (χ4v) is 2.14. The number of carboxylic acids is 1. The molecule has 1 rings (SSSR count). The Bertz CT molecular complexity index is 588. The molecule has 0 aliphatic heterocycles. The van der Waals surface area contributed by atoms with Gasteiger partial charge in [0, 0.05) is 24.3 Å². The lowest BCUT2D eigenvalue weighted by molar-refractivity contribution is -0.142. The molecule has 0 fully saturated rings. The molecule has 1 aromatic rings. The normalized spacial score (nSPS) is 11.4. The summed E-state index contributed by atoms with van der Waals surface area (Å²) in [5, 5.41) is 11.6. The van der Waals surface area contributed by atoms with Crippen LogP contribution < -0.4 is 5.32 Å². The van der Waals surface area contributed by atoms with Gasteiger partial charge in [-0.2, -0.15) is 0 Å². The Balaban J connectivity index is 0.00000576. The van der Waals surface area contributed by atoms with E-state index in [1.54, 1.807) is 36.2 Å². The average Bonchev–Trinajstić information content (AvgIpc) is 2.55. The van der Waals surface area contributed by atoms with Gasteiger partial charge in [-0.25, -0.2) is 0 Å². The number of likely N-dealkylation sites (N-methyl/N-ethyl adjacent to an activating group) is 1. The molecular weight excluding hydrogens is 346 g/mol. The number of benzene rings is 1. The average molecular weight is 372 g/mol. The van der Waals surface area contributed by atoms with E-state index >= 15 is 0 Å². The Kier molecular flexibility index (Phi) is 9.78. The summed E-state index contributed by atoms with van der Waals surface area (Å²) in [5.74, 6) is -1.34. The van der Waals surface area contributed by atoms with Gasteiger partial charge in [-0.15, -0.1) is 12.4 Å². The number of hydrogen-bond donors (Lipinski definition) is 2. The maximum atomic E-state index is 12.2. The molecule has 0 bridgehead atoms. The van der Waals surface area contributed by atoms with E-state index in [2.05, 4.69) is 5.32 Å². The van der Waals surface area contributed by atoms with E-state index < -0.39 is 12.0 Å². The molecule has 2 amide bonds. The van der Waals surface area contributed by atoms with Crippen LogP contribution in [-0.4, -0.2) is 65.4 Å². The number of nitrogens with one attached hydrogen (secondary N) is 1. The van der Waals surface area contributed by atoms with Crippen molar-refractivity contribution in [1.29, 1.82) is 0 Å². The predicted molar refractivity (Wildman–Crippen MR) is 99.3 cm³/mol. The van der Waals surface area contributed by atoms with Crippen LogP contribution in [0, 0.1) is 0 Å². The van der Waals surface area contributed by atoms with Gasteiger partial charge in [-0.1, -0.05) is 0 Å². The van der Waals surface area contributed by atoms with Crippen molar-refractivity contribution in [2.75, 3.05) is 32.0 Å². The van der Waals surface area contributed by atoms with Gasteiger partial charge < -0.3 is 15.3 Å². The van der Waals surface area contributed by atoms with Gasteiger partial charge in [0.2, 0.25) is 5.91 Å². The quantitative estimate of drug-likeness (QED) is 0.728. The lowest BCUT2D eigenvalue weighted by Crippen LogP contribution is -2.40. The molecule has 0 radical (unpaired) electrons. The van der Waals surface area contributed by atoms with Crippen LogP contribution in [0.2, 0.25) is 0 Å². The van der Waals surface area contributed by atoms with Gasteiger partial charge in [0.1, 0.15) is 6.04 Å². The molecule has 0 aliphatic carbocycles. The lowest BCUT2D eigenvalue weighted by atomic mass is 10.1. The Morgan fingerprint density at radius 1 is 1.12 bits per heavy atom. The number of aliphatic carboxylic acids is 1. The summed E-state index contributed by atoms with van der Waals surface area (Å²) in [6.07, 6.45) is 0. The van der Waals surface area contributed by atoms with Crippen LogP contribution in [-0.2, 0) is 9.59 Å². The van der Waals surface area contributed by atoms with Crippen molar-refractivity contribution in [3.8, 4) is 0 Å². The number of halogens is 1. The lowest BCUT2D eigenvalue weighted by Gasteiger charge is -2.20. The zero-order valence-corrected chi connectivity index (χ0v) is 15.8. The summed E-state index contributed by atoms with van der Waals surface area (Å²) in [7, 11) is 1.57. The molecule has 7 nitrogen and oxygen atoms in total. The number of carbonyl (C=O) groups excluding carboxylic acids is 2. The van der Waals surface area contributed by atoms with Crippen molar-refractivity contribution < 1.29 is 19.5 Å². The zero-order chi connectivity index (χ0) is 18.3. The van der Waals surface area contributed by atoms with Crippen LogP contribution in [0.25, 0.3) is 0 Å². The van der Waals surface area contributed by atoms with Gasteiger partial charge in [-0.3, -0.25) is 19.3 Å². The van der Waals surface area contributed by atoms with Gasteiger partial charge in [0.15, 0.2) is 0 Å². The topological polar surface area (TPSA) is 90.0 Å². The van der Waals surface area contributed by atoms with Crippen molar-refractivity contribution in [3.05, 3.63) is 29.8 Å². The van der Waals surface area contributed by atoms with E-state index in [1.165, 1.54) is 11.8 Å². The van der Waals surface area contributed by atoms with Crippen molar-refractivity contribution in [1.82, 2.24) is 9.80 Å². The summed E-state index contributed by atoms with van der Waals surface area (Å²) in [5.41, 5.74) is 1.13. The molecule has 0 spiro atoms. The Morgan fingerprint density at radius 2 is 1.64 bits per heavy atom. The van der Waals surface area contributed by atoms with Crippen LogP contribution in [0.4, 0.5) is 5.69 Å². The van der Waals surface area contributed by atoms with E-state index in [0.29, 0.717) is 24.3 Å². The van der Waals surface area contributed by atoms with Crippen molar-refractivity contribution in [3.63, 3.8) is 0 Å². The Hall–Kier alpha value is -2.12. The largest absolute Gasteiger partial charge is 0.480 e. The standard InChI is InChI=1S/C17H25N3O4.ClH/c1-5-20(6-2)16(22)13-7-9-14(10-8-13)18-15(21)11-19(4)12(3)17(23)24;/h7-10,12H,5-6,11H2,1-4H3,(H,18,21)(H,23,24);1H. The molecule has 1 unspecified atom stereocenters. The van der Waals surface area contributed by atoms with Crippen molar-refractivity contribution >= 4 is 35.9 Å². The van der Waals surface area contributed by atoms with Gasteiger partial charge >= 0.3 is 5.97 Å². The van der Waals surface area contributed by atoms with Gasteiger partial charge in [0.05, 0.1) is 6.54 Å². The molecule has 0 saturated carbocycles. The fourth-order valence-electron chi connectivity index (χ4n) is 2.14. The zero-order valence-electron chi connectivity index (χ0n) is 15.0. The fraction of sp³-hybridized carbons (Fsp3) is 0.471. The monoisotopic (exact) mass is 371 g/mol. The van der Waals surface area contributed by atoms with Crippen LogP contribution >= 0.6 is 12.4 Å². The Labute approximate surface area is 154 Å². The second-order valence-corrected chi connectivity index (χ2v) is 5.53. The van der Waals surface area contributed by atoms with Crippen LogP contribution in [0.15, 0.2) is 24.3 Å². The molecule has 0 heterocycles. The highest BCUT2D eigenvalue weighted by molar-refractivity contribution is 5.96. The molecule has 8 heteroatoms. The summed E-state index contributed by atoms with van der Waals surface area (Å²) in [6, 6.07) is 5.91. The third kappa shape index (κ3) is 6.72.